The molecule has 9 unspecified atom stereocenters. The zero-order chi connectivity index (χ0) is 37.5. The normalized spacial score (nSPS) is 37.8. The van der Waals surface area contributed by atoms with Crippen LogP contribution in [0.2, 0.25) is 0 Å². The highest BCUT2D eigenvalue weighted by Gasteiger charge is 2.69. The molecular weight excluding hydrogens is 677 g/mol. The summed E-state index contributed by atoms with van der Waals surface area (Å²) in [6, 6.07) is 2.89. The quantitative estimate of drug-likeness (QED) is 0.194. The van der Waals surface area contributed by atoms with Crippen molar-refractivity contribution in [3.8, 4) is 0 Å². The van der Waals surface area contributed by atoms with Gasteiger partial charge in [-0.05, 0) is 143 Å². The van der Waals surface area contributed by atoms with Crippen LogP contribution in [0.25, 0.3) is 0 Å². The molecule has 0 saturated heterocycles. The van der Waals surface area contributed by atoms with Crippen molar-refractivity contribution in [2.45, 2.75) is 198 Å². The summed E-state index contributed by atoms with van der Waals surface area (Å²) in [5, 5.41) is 0. The first-order valence-corrected chi connectivity index (χ1v) is 25.1. The Balaban J connectivity index is 1.03. The molecule has 10 rings (SSSR count). The van der Waals surface area contributed by atoms with Gasteiger partial charge in [0.15, 0.2) is 0 Å². The Hall–Kier alpha value is -2.06. The molecule has 10 aliphatic rings. The number of rotatable bonds is 11. The van der Waals surface area contributed by atoms with Gasteiger partial charge in [-0.1, -0.05) is 143 Å². The molecule has 4 fully saturated rings. The molecule has 10 aliphatic carbocycles. The molecule has 9 atom stereocenters. The minimum Gasteiger partial charge on any atom is -0.368 e. The fourth-order valence-corrected chi connectivity index (χ4v) is 16.0. The van der Waals surface area contributed by atoms with Gasteiger partial charge in [0.2, 0.25) is 0 Å². The molecule has 0 N–H and O–H groups in total. The summed E-state index contributed by atoms with van der Waals surface area (Å²) < 4.78 is 0. The van der Waals surface area contributed by atoms with Crippen LogP contribution in [0.4, 0.5) is 0 Å². The van der Waals surface area contributed by atoms with Crippen LogP contribution in [0.15, 0.2) is 83.2 Å². The highest BCUT2D eigenvalue weighted by atomic mass is 15.2. The van der Waals surface area contributed by atoms with Crippen LogP contribution >= 0.6 is 0 Å². The summed E-state index contributed by atoms with van der Waals surface area (Å²) in [6.45, 7) is 3.68. The van der Waals surface area contributed by atoms with E-state index in [1.165, 1.54) is 173 Å². The summed E-state index contributed by atoms with van der Waals surface area (Å²) in [5.74, 6) is 5.02. The zero-order valence-corrected chi connectivity index (χ0v) is 35.6. The van der Waals surface area contributed by atoms with Crippen LogP contribution in [-0.4, -0.2) is 40.5 Å². The van der Waals surface area contributed by atoms with Crippen LogP contribution in [0.5, 0.6) is 0 Å². The van der Waals surface area contributed by atoms with Crippen molar-refractivity contribution in [2.24, 2.45) is 46.8 Å². The van der Waals surface area contributed by atoms with Crippen LogP contribution < -0.4 is 0 Å². The Morgan fingerprint density at radius 1 is 0.696 bits per heavy atom. The van der Waals surface area contributed by atoms with Gasteiger partial charge in [-0.2, -0.15) is 0 Å². The Morgan fingerprint density at radius 2 is 1.43 bits per heavy atom. The minimum atomic E-state index is 0.342. The summed E-state index contributed by atoms with van der Waals surface area (Å²) in [7, 11) is 0. The molecule has 0 bridgehead atoms. The minimum absolute atomic E-state index is 0.342. The van der Waals surface area contributed by atoms with E-state index in [-0.39, 0.29) is 0 Å². The van der Waals surface area contributed by atoms with Gasteiger partial charge in [0.05, 0.1) is 0 Å². The van der Waals surface area contributed by atoms with Crippen molar-refractivity contribution >= 4 is 0 Å². The molecule has 0 aromatic heterocycles. The lowest BCUT2D eigenvalue weighted by Gasteiger charge is -2.52. The van der Waals surface area contributed by atoms with Gasteiger partial charge in [0.25, 0.3) is 0 Å². The molecule has 0 radical (unpaired) electrons. The Morgan fingerprint density at radius 3 is 2.14 bits per heavy atom. The molecule has 0 heterocycles. The fraction of sp³-hybridized carbons (Fsp3) is 0.741. The summed E-state index contributed by atoms with van der Waals surface area (Å²) in [6.07, 6.45) is 63.3. The second kappa shape index (κ2) is 16.9. The lowest BCUT2D eigenvalue weighted by atomic mass is 9.55. The van der Waals surface area contributed by atoms with Crippen molar-refractivity contribution in [1.82, 2.24) is 9.80 Å². The molecule has 0 aliphatic heterocycles. The predicted octanol–water partition coefficient (Wildman–Crippen LogP) is 14.0. The smallest absolute Gasteiger partial charge is 0.0290 e. The second-order valence-corrected chi connectivity index (χ2v) is 20.8. The SMILES string of the molecule is CCCCC(CN(C1C=CC2C3C=CCCC3C3(C4=C(CCC4)C4C(N(C5CCCCC5)C5CCCCC5)=CC=CC43)C2C1)C1CCCCC1)C1=CCCC=C1. The van der Waals surface area contributed by atoms with E-state index in [0.717, 1.165) is 35.9 Å². The van der Waals surface area contributed by atoms with Gasteiger partial charge < -0.3 is 4.90 Å². The molecule has 4 saturated carbocycles. The van der Waals surface area contributed by atoms with Gasteiger partial charge in [0, 0.05) is 47.7 Å². The van der Waals surface area contributed by atoms with E-state index in [1.807, 2.05) is 16.8 Å². The van der Waals surface area contributed by atoms with Crippen LogP contribution in [0.1, 0.15) is 174 Å². The lowest BCUT2D eigenvalue weighted by molar-refractivity contribution is 0.0374. The number of nitrogens with zero attached hydrogens (tertiary/aromatic N) is 2. The van der Waals surface area contributed by atoms with Crippen molar-refractivity contribution in [3.05, 3.63) is 83.2 Å². The summed E-state index contributed by atoms with van der Waals surface area (Å²) >= 11 is 0. The van der Waals surface area contributed by atoms with Crippen molar-refractivity contribution < 1.29 is 0 Å². The van der Waals surface area contributed by atoms with E-state index >= 15 is 0 Å². The maximum atomic E-state index is 3.19. The van der Waals surface area contributed by atoms with Gasteiger partial charge in [0.1, 0.15) is 0 Å². The maximum absolute atomic E-state index is 3.19. The van der Waals surface area contributed by atoms with Crippen LogP contribution in [0.3, 0.4) is 0 Å². The van der Waals surface area contributed by atoms with Gasteiger partial charge in [-0.15, -0.1) is 0 Å². The van der Waals surface area contributed by atoms with Crippen molar-refractivity contribution in [3.63, 3.8) is 0 Å². The topological polar surface area (TPSA) is 6.48 Å². The molecule has 0 aromatic rings. The first-order valence-electron chi connectivity index (χ1n) is 25.1. The summed E-state index contributed by atoms with van der Waals surface area (Å²) in [4.78, 5) is 6.36. The lowest BCUT2D eigenvalue weighted by Crippen LogP contribution is -2.51. The average molecular weight is 755 g/mol. The standard InChI is InChI=1S/C54H78N2/c1-2-3-20-40(39-21-8-4-9-22-39)38-55(41-23-10-5-11-24-41)44-35-36-46-45-29-16-17-31-48(45)54(51(46)37-44)49-32-18-30-47(49)53-50(54)33-19-34-52(53)56(42-25-12-6-13-26-42)43-27-14-7-15-28-43/h8,16,19,21-22,29,33-36,40-46,48,50-51,53H,2-7,9-15,17-18,20,23-28,30-32,37-38H2,1H3. The van der Waals surface area contributed by atoms with Crippen LogP contribution in [0, 0.1) is 46.8 Å². The van der Waals surface area contributed by atoms with Gasteiger partial charge in [-0.25, -0.2) is 0 Å². The largest absolute Gasteiger partial charge is 0.368 e. The first kappa shape index (κ1) is 38.2. The Labute approximate surface area is 343 Å². The number of hydrogen-bond donors (Lipinski definition) is 0. The van der Waals surface area contributed by atoms with Gasteiger partial charge >= 0.3 is 0 Å². The fourth-order valence-electron chi connectivity index (χ4n) is 16.0. The monoisotopic (exact) mass is 755 g/mol. The van der Waals surface area contributed by atoms with E-state index in [2.05, 4.69) is 77.5 Å². The number of fused-ring (bicyclic) bond motifs is 9. The highest BCUT2D eigenvalue weighted by molar-refractivity contribution is 5.50. The van der Waals surface area contributed by atoms with E-state index < -0.39 is 0 Å². The molecule has 2 heteroatoms. The van der Waals surface area contributed by atoms with E-state index in [4.69, 9.17) is 0 Å². The summed E-state index contributed by atoms with van der Waals surface area (Å²) in [5.41, 5.74) is 7.83. The van der Waals surface area contributed by atoms with E-state index in [1.54, 1.807) is 5.57 Å². The molecule has 1 spiro atoms. The van der Waals surface area contributed by atoms with Crippen molar-refractivity contribution in [2.75, 3.05) is 6.54 Å². The number of unbranched alkanes of at least 4 members (excludes halogenated alkanes) is 1. The third kappa shape index (κ3) is 6.69. The number of hydrogen-bond acceptors (Lipinski definition) is 2. The second-order valence-electron chi connectivity index (χ2n) is 20.8. The van der Waals surface area contributed by atoms with E-state index in [9.17, 15) is 0 Å². The Kier molecular flexibility index (Phi) is 11.5. The average Bonchev–Trinajstić information content (AvgIpc) is 3.94. The third-order valence-electron chi connectivity index (χ3n) is 18.2. The van der Waals surface area contributed by atoms with Crippen LogP contribution in [-0.2, 0) is 0 Å². The van der Waals surface area contributed by atoms with Crippen molar-refractivity contribution in [1.29, 1.82) is 0 Å². The molecule has 304 valence electrons. The maximum Gasteiger partial charge on any atom is 0.0290 e. The predicted molar refractivity (Wildman–Crippen MR) is 236 cm³/mol. The zero-order valence-electron chi connectivity index (χ0n) is 35.6. The first-order chi connectivity index (χ1) is 27.8. The third-order valence-corrected chi connectivity index (χ3v) is 18.2. The van der Waals surface area contributed by atoms with Gasteiger partial charge in [-0.3, -0.25) is 4.90 Å². The molecular formula is C54H78N2. The number of allylic oxidation sites excluding steroid dienone is 11. The molecule has 56 heavy (non-hydrogen) atoms. The molecule has 2 nitrogen and oxygen atoms in total. The molecule has 0 aromatic carbocycles. The highest BCUT2D eigenvalue weighted by Crippen LogP contribution is 2.75. The van der Waals surface area contributed by atoms with E-state index in [0.29, 0.717) is 35.1 Å². The Bertz CT molecular complexity index is 1580. The molecule has 0 amide bonds.